The Labute approximate surface area is 651 Å². The Kier molecular flexibility index (Phi) is 14.8. The quantitative estimate of drug-likeness (QED) is 0.134. The summed E-state index contributed by atoms with van der Waals surface area (Å²) < 4.78 is 52.0. The number of para-hydroxylation sites is 2. The maximum absolute atomic E-state index is 9.79. The van der Waals surface area contributed by atoms with Crippen LogP contribution in [0.15, 0.2) is 303 Å². The van der Waals surface area contributed by atoms with Gasteiger partial charge in [-0.1, -0.05) is 316 Å². The maximum Gasteiger partial charge on any atom is 0.252 e. The van der Waals surface area contributed by atoms with Crippen LogP contribution in [0.25, 0.3) is 111 Å². The van der Waals surface area contributed by atoms with Crippen molar-refractivity contribution in [1.82, 2.24) is 9.13 Å². The Morgan fingerprint density at radius 1 is 0.266 bits per heavy atom. The summed E-state index contributed by atoms with van der Waals surface area (Å²) >= 11 is 0. The number of nitrogens with zero attached hydrogens (tertiary/aromatic N) is 4. The van der Waals surface area contributed by atoms with Crippen LogP contribution in [0.5, 0.6) is 0 Å². The zero-order chi connectivity index (χ0) is 79.7. The average molecular weight is 1420 g/mol. The van der Waals surface area contributed by atoms with Gasteiger partial charge in [0.05, 0.1) is 46.0 Å². The van der Waals surface area contributed by atoms with Gasteiger partial charge >= 0.3 is 0 Å². The number of aromatic nitrogens is 2. The molecule has 0 bridgehead atoms. The molecule has 4 heterocycles. The van der Waals surface area contributed by atoms with E-state index in [1.54, 1.807) is 0 Å². The molecule has 0 saturated heterocycles. The van der Waals surface area contributed by atoms with Crippen molar-refractivity contribution >= 4 is 101 Å². The number of fused-ring (bicyclic) bond motifs is 10. The van der Waals surface area contributed by atoms with E-state index in [2.05, 4.69) is 390 Å². The summed E-state index contributed by atoms with van der Waals surface area (Å²) in [4.78, 5) is 5.17. The fraction of sp³-hybridized carbons (Fsp3) is 0.192. The van der Waals surface area contributed by atoms with E-state index in [1.807, 2.05) is 6.07 Å². The van der Waals surface area contributed by atoms with Crippen LogP contribution in [0, 0.1) is 0 Å². The van der Waals surface area contributed by atoms with Gasteiger partial charge in [0.1, 0.15) is 0 Å². The molecule has 109 heavy (non-hydrogen) atoms. The van der Waals surface area contributed by atoms with Crippen LogP contribution in [0.3, 0.4) is 0 Å². The molecule has 534 valence electrons. The van der Waals surface area contributed by atoms with E-state index in [-0.39, 0.29) is 56.8 Å². The molecule has 0 spiro atoms. The highest BCUT2D eigenvalue weighted by Gasteiger charge is 2.46. The van der Waals surface area contributed by atoms with Crippen molar-refractivity contribution in [2.75, 3.05) is 9.80 Å². The molecule has 2 aliphatic rings. The van der Waals surface area contributed by atoms with E-state index in [4.69, 9.17) is 1.37 Å². The van der Waals surface area contributed by atoms with Crippen molar-refractivity contribution in [1.29, 1.82) is 0 Å². The minimum Gasteiger partial charge on any atom is -0.311 e. The number of anilines is 6. The molecule has 0 unspecified atom stereocenters. The van der Waals surface area contributed by atoms with Crippen LogP contribution < -0.4 is 26.2 Å². The third-order valence-electron chi connectivity index (χ3n) is 23.1. The molecule has 16 aromatic rings. The standard InChI is InChI=1S/C104H95BN4/c1-100(2,3)74-47-51-89-84(60-74)85-61-75(101(4,5)6)48-52-90(85)107(89)80-64-95-98-96(65-80)109(99-82(68-37-25-18-26-38-68)62-78(104(13,14)15)63-83(99)69-39-27-19-28-40-69)92-55-70(66-33-21-16-22-34-66)45-49-87(92)105(98)86-50-46-71(72-53-76(102(7,8)9)59-77(54-72)103(10,11)12)56-91(86)108(95)94-58-73(67-35-23-17-24-36-67)57-93-97(94)81-43-31-32-44-88(81)106(93)79-41-29-20-30-42-79/h16-65H,1-15H3/i16D,21D,22D,33D,34D. The Bertz CT molecular complexity index is 6430. The lowest BCUT2D eigenvalue weighted by atomic mass is 9.33. The molecular formula is C104H95BN4. The molecule has 0 N–H and O–H groups in total. The van der Waals surface area contributed by atoms with E-state index in [1.165, 1.54) is 33.0 Å². The van der Waals surface area contributed by atoms with Crippen LogP contribution in [0.1, 0.15) is 139 Å². The van der Waals surface area contributed by atoms with Crippen LogP contribution in [0.4, 0.5) is 34.1 Å². The maximum atomic E-state index is 9.79. The second kappa shape index (κ2) is 25.5. The lowest BCUT2D eigenvalue weighted by Gasteiger charge is -2.46. The van der Waals surface area contributed by atoms with Gasteiger partial charge in [-0.25, -0.2) is 0 Å². The molecule has 2 aromatic heterocycles. The van der Waals surface area contributed by atoms with Crippen molar-refractivity contribution in [3.63, 3.8) is 0 Å². The highest BCUT2D eigenvalue weighted by atomic mass is 15.2. The van der Waals surface area contributed by atoms with Crippen molar-refractivity contribution in [3.8, 4) is 67.0 Å². The van der Waals surface area contributed by atoms with Crippen molar-refractivity contribution in [2.45, 2.75) is 131 Å². The minimum absolute atomic E-state index is 0.136. The molecule has 14 aromatic carbocycles. The van der Waals surface area contributed by atoms with Crippen LogP contribution >= 0.6 is 0 Å². The molecule has 18 rings (SSSR count). The summed E-state index contributed by atoms with van der Waals surface area (Å²) in [6, 6.07) is 100. The summed E-state index contributed by atoms with van der Waals surface area (Å²) in [5.41, 5.74) is 29.4. The van der Waals surface area contributed by atoms with E-state index in [0.717, 1.165) is 145 Å². The number of hydrogen-bond acceptors (Lipinski definition) is 2. The Balaban J connectivity index is 1.09. The second-order valence-electron chi connectivity index (χ2n) is 35.5. The molecular weight excluding hydrogens is 1320 g/mol. The first kappa shape index (κ1) is 63.4. The Morgan fingerprint density at radius 3 is 1.21 bits per heavy atom. The first-order valence-corrected chi connectivity index (χ1v) is 38.7. The van der Waals surface area contributed by atoms with Gasteiger partial charge in [0, 0.05) is 61.1 Å². The zero-order valence-electron chi connectivity index (χ0n) is 70.3. The molecule has 0 aliphatic carbocycles. The molecule has 4 nitrogen and oxygen atoms in total. The number of hydrogen-bond donors (Lipinski definition) is 0. The van der Waals surface area contributed by atoms with E-state index in [9.17, 15) is 5.48 Å². The summed E-state index contributed by atoms with van der Waals surface area (Å²) in [7, 11) is 0. The third-order valence-corrected chi connectivity index (χ3v) is 23.1. The van der Waals surface area contributed by atoms with E-state index < -0.39 is 12.8 Å². The van der Waals surface area contributed by atoms with Crippen LogP contribution in [-0.4, -0.2) is 15.8 Å². The highest BCUT2D eigenvalue weighted by molar-refractivity contribution is 7.00. The topological polar surface area (TPSA) is 16.3 Å². The predicted molar refractivity (Wildman–Crippen MR) is 470 cm³/mol. The fourth-order valence-corrected chi connectivity index (χ4v) is 17.1. The molecule has 0 amide bonds. The molecule has 0 fully saturated rings. The minimum atomic E-state index is -0.467. The number of benzene rings is 14. The Hall–Kier alpha value is -11.7. The van der Waals surface area contributed by atoms with Crippen molar-refractivity contribution in [2.24, 2.45) is 0 Å². The van der Waals surface area contributed by atoms with Crippen molar-refractivity contribution < 1.29 is 6.85 Å². The van der Waals surface area contributed by atoms with Gasteiger partial charge in [0.25, 0.3) is 6.71 Å². The highest BCUT2D eigenvalue weighted by Crippen LogP contribution is 2.55. The van der Waals surface area contributed by atoms with Gasteiger partial charge in [0.2, 0.25) is 0 Å². The first-order chi connectivity index (χ1) is 54.3. The van der Waals surface area contributed by atoms with E-state index in [0.29, 0.717) is 5.56 Å². The summed E-state index contributed by atoms with van der Waals surface area (Å²) in [5.74, 6) is 0. The van der Waals surface area contributed by atoms with Gasteiger partial charge in [-0.05, 0) is 207 Å². The van der Waals surface area contributed by atoms with Crippen LogP contribution in [-0.2, 0) is 27.1 Å². The van der Waals surface area contributed by atoms with Crippen molar-refractivity contribution in [3.05, 3.63) is 331 Å². The fourth-order valence-electron chi connectivity index (χ4n) is 17.1. The smallest absolute Gasteiger partial charge is 0.252 e. The van der Waals surface area contributed by atoms with Gasteiger partial charge in [-0.3, -0.25) is 0 Å². The van der Waals surface area contributed by atoms with Gasteiger partial charge < -0.3 is 18.9 Å². The molecule has 2 aliphatic heterocycles. The second-order valence-corrected chi connectivity index (χ2v) is 35.5. The van der Waals surface area contributed by atoms with Gasteiger partial charge in [-0.2, -0.15) is 0 Å². The van der Waals surface area contributed by atoms with E-state index >= 15 is 0 Å². The molecule has 0 radical (unpaired) electrons. The number of rotatable bonds is 9. The van der Waals surface area contributed by atoms with Gasteiger partial charge in [0.15, 0.2) is 0 Å². The summed E-state index contributed by atoms with van der Waals surface area (Å²) in [5, 5.41) is 4.54. The first-order valence-electron chi connectivity index (χ1n) is 41.2. The molecule has 0 atom stereocenters. The predicted octanol–water partition coefficient (Wildman–Crippen LogP) is 26.8. The van der Waals surface area contributed by atoms with Crippen LogP contribution in [0.2, 0.25) is 0 Å². The summed E-state index contributed by atoms with van der Waals surface area (Å²) in [6.45, 7) is 34.1. The largest absolute Gasteiger partial charge is 0.311 e. The third kappa shape index (κ3) is 11.8. The lowest BCUT2D eigenvalue weighted by molar-refractivity contribution is 0.569. The molecule has 5 heteroatoms. The Morgan fingerprint density at radius 2 is 0.688 bits per heavy atom. The monoisotopic (exact) mass is 1420 g/mol. The zero-order valence-corrected chi connectivity index (χ0v) is 65.3. The lowest BCUT2D eigenvalue weighted by Crippen LogP contribution is -2.61. The summed E-state index contributed by atoms with van der Waals surface area (Å²) in [6.07, 6.45) is 0. The van der Waals surface area contributed by atoms with Gasteiger partial charge in [-0.15, -0.1) is 0 Å². The average Bonchev–Trinajstić information content (AvgIpc) is 0.979. The SMILES string of the molecule is [2H]c1c([2H])c([2H])c(-c2ccc3c(c2)N(c2c(-c4ccccc4)cc(C(C)(C)C)cc2-c2ccccc2)c2cc(-n4c5ccc(C(C)(C)C)cc5c5cc(C(C)(C)C)ccc54)cc4c2B3c2ccc(-c3cc(C(C)(C)C)cc(C(C)(C)C)c3)cc2N4c2cc(-c3ccccc3)cc3c2c2ccccc2n3-c2ccccc2)c([2H])c1[2H]. The normalized spacial score (nSPS) is 13.9. The molecule has 0 saturated carbocycles.